The van der Waals surface area contributed by atoms with Crippen molar-refractivity contribution >= 4 is 27.8 Å². The molecular weight excluding hydrogens is 382 g/mol. The number of Topliss-reactive ketones (excluding diaryl/α,β-unsaturated/α-hetero) is 1. The van der Waals surface area contributed by atoms with Crippen molar-refractivity contribution in [1.82, 2.24) is 5.32 Å². The van der Waals surface area contributed by atoms with Gasteiger partial charge in [-0.3, -0.25) is 4.79 Å². The van der Waals surface area contributed by atoms with Gasteiger partial charge in [-0.2, -0.15) is 5.26 Å². The minimum absolute atomic E-state index is 0.0135. The molecule has 0 saturated carbocycles. The number of alkyl halides is 2. The van der Waals surface area contributed by atoms with Crippen LogP contribution in [0.5, 0.6) is 5.75 Å². The lowest BCUT2D eigenvalue weighted by Crippen LogP contribution is -2.17. The van der Waals surface area contributed by atoms with Gasteiger partial charge in [0, 0.05) is 7.05 Å². The van der Waals surface area contributed by atoms with E-state index in [1.807, 2.05) is 13.0 Å². The summed E-state index contributed by atoms with van der Waals surface area (Å²) < 4.78 is 30.3. The predicted octanol–water partition coefficient (Wildman–Crippen LogP) is 4.00. The van der Waals surface area contributed by atoms with Crippen LogP contribution < -0.4 is 10.1 Å². The summed E-state index contributed by atoms with van der Waals surface area (Å²) in [5.41, 5.74) is 1.66. The van der Waals surface area contributed by atoms with Crippen molar-refractivity contribution in [1.29, 1.82) is 5.26 Å². The number of halogens is 3. The highest BCUT2D eigenvalue weighted by atomic mass is 79.9. The quantitative estimate of drug-likeness (QED) is 0.556. The molecular formula is C17H17BrF2N2O2. The fraction of sp³-hybridized carbons (Fsp3) is 0.294. The van der Waals surface area contributed by atoms with Crippen LogP contribution in [-0.4, -0.2) is 25.9 Å². The Morgan fingerprint density at radius 2 is 2.17 bits per heavy atom. The van der Waals surface area contributed by atoms with E-state index in [-0.39, 0.29) is 17.0 Å². The molecule has 0 heterocycles. The predicted molar refractivity (Wildman–Crippen MR) is 91.8 cm³/mol. The van der Waals surface area contributed by atoms with E-state index in [0.717, 1.165) is 5.56 Å². The Morgan fingerprint density at radius 3 is 2.67 bits per heavy atom. The molecule has 1 rings (SSSR count). The van der Waals surface area contributed by atoms with Crippen LogP contribution in [0.3, 0.4) is 0 Å². The van der Waals surface area contributed by atoms with Crippen LogP contribution in [0.15, 0.2) is 34.0 Å². The molecule has 128 valence electrons. The maximum atomic E-state index is 12.3. The molecule has 1 aromatic rings. The van der Waals surface area contributed by atoms with Crippen molar-refractivity contribution in [2.75, 3.05) is 13.7 Å². The summed E-state index contributed by atoms with van der Waals surface area (Å²) in [5, 5.41) is 11.7. The highest BCUT2D eigenvalue weighted by Crippen LogP contribution is 2.30. The third-order valence-corrected chi connectivity index (χ3v) is 3.77. The zero-order valence-corrected chi connectivity index (χ0v) is 15.1. The van der Waals surface area contributed by atoms with Gasteiger partial charge in [0.05, 0.1) is 15.7 Å². The lowest BCUT2D eigenvalue weighted by Gasteiger charge is -2.12. The number of benzene rings is 1. The first-order chi connectivity index (χ1) is 11.3. The first-order valence-electron chi connectivity index (χ1n) is 7.05. The van der Waals surface area contributed by atoms with Gasteiger partial charge < -0.3 is 10.1 Å². The van der Waals surface area contributed by atoms with Gasteiger partial charge in [0.25, 0.3) is 6.43 Å². The number of nitrogens with one attached hydrogen (secondary N) is 1. The fourth-order valence-corrected chi connectivity index (χ4v) is 2.46. The molecule has 1 N–H and O–H groups in total. The summed E-state index contributed by atoms with van der Waals surface area (Å²) in [7, 11) is 1.57. The van der Waals surface area contributed by atoms with Crippen molar-refractivity contribution in [2.24, 2.45) is 0 Å². The number of carbonyl (C=O) groups excluding carboxylic acids is 1. The Labute approximate surface area is 147 Å². The van der Waals surface area contributed by atoms with Gasteiger partial charge in [0.2, 0.25) is 5.78 Å². The highest BCUT2D eigenvalue weighted by Gasteiger charge is 2.15. The zero-order chi connectivity index (χ0) is 18.3. The van der Waals surface area contributed by atoms with E-state index in [9.17, 15) is 13.6 Å². The molecule has 7 heteroatoms. The largest absolute Gasteiger partial charge is 0.486 e. The number of hydrogen-bond acceptors (Lipinski definition) is 4. The van der Waals surface area contributed by atoms with Crippen LogP contribution in [0.1, 0.15) is 18.1 Å². The monoisotopic (exact) mass is 398 g/mol. The summed E-state index contributed by atoms with van der Waals surface area (Å²) in [5.74, 6) is -0.193. The van der Waals surface area contributed by atoms with Crippen molar-refractivity contribution in [3.8, 4) is 11.8 Å². The topological polar surface area (TPSA) is 62.1 Å². The van der Waals surface area contributed by atoms with E-state index in [1.165, 1.54) is 6.08 Å². The second kappa shape index (κ2) is 9.18. The number of ether oxygens (including phenoxy) is 1. The SMILES string of the molecule is C/C=C(\C#N)C(=O)/C(=C/c1cc(OCC(F)F)c(Br)cc1C)NC. The number of rotatable bonds is 7. The lowest BCUT2D eigenvalue weighted by atomic mass is 10.0. The van der Waals surface area contributed by atoms with Gasteiger partial charge in [-0.15, -0.1) is 0 Å². The number of nitriles is 1. The van der Waals surface area contributed by atoms with Crippen LogP contribution in [-0.2, 0) is 4.79 Å². The third-order valence-electron chi connectivity index (χ3n) is 3.15. The lowest BCUT2D eigenvalue weighted by molar-refractivity contribution is -0.112. The second-order valence-corrected chi connectivity index (χ2v) is 5.65. The first-order valence-corrected chi connectivity index (χ1v) is 7.85. The molecule has 1 aromatic carbocycles. The van der Waals surface area contributed by atoms with E-state index < -0.39 is 18.8 Å². The van der Waals surface area contributed by atoms with E-state index in [1.54, 1.807) is 32.2 Å². The van der Waals surface area contributed by atoms with E-state index in [4.69, 9.17) is 10.00 Å². The van der Waals surface area contributed by atoms with Gasteiger partial charge >= 0.3 is 0 Å². The van der Waals surface area contributed by atoms with Gasteiger partial charge in [-0.1, -0.05) is 6.08 Å². The first kappa shape index (κ1) is 19.8. The maximum Gasteiger partial charge on any atom is 0.272 e. The maximum absolute atomic E-state index is 12.3. The molecule has 0 aromatic heterocycles. The Bertz CT molecular complexity index is 722. The molecule has 0 spiro atoms. The van der Waals surface area contributed by atoms with Crippen LogP contribution in [0.4, 0.5) is 8.78 Å². The Hall–Kier alpha value is -2.20. The number of likely N-dealkylation sites (N-methyl/N-ethyl adjacent to an activating group) is 1. The molecule has 0 aliphatic carbocycles. The highest BCUT2D eigenvalue weighted by molar-refractivity contribution is 9.10. The molecule has 0 unspecified atom stereocenters. The zero-order valence-electron chi connectivity index (χ0n) is 13.5. The minimum atomic E-state index is -2.58. The molecule has 0 amide bonds. The van der Waals surface area contributed by atoms with Crippen molar-refractivity contribution in [3.63, 3.8) is 0 Å². The molecule has 0 saturated heterocycles. The Morgan fingerprint density at radius 1 is 1.50 bits per heavy atom. The van der Waals surface area contributed by atoms with E-state index in [2.05, 4.69) is 21.2 Å². The van der Waals surface area contributed by atoms with Crippen LogP contribution in [0.2, 0.25) is 0 Å². The van der Waals surface area contributed by atoms with Crippen LogP contribution in [0, 0.1) is 18.3 Å². The van der Waals surface area contributed by atoms with Crippen LogP contribution in [0.25, 0.3) is 6.08 Å². The average molecular weight is 399 g/mol. The average Bonchev–Trinajstić information content (AvgIpc) is 2.54. The fourth-order valence-electron chi connectivity index (χ4n) is 1.89. The standard InChI is InChI=1S/C17H17BrF2N2O2/c1-4-11(8-21)17(23)14(22-3)6-12-7-15(24-9-16(19)20)13(18)5-10(12)2/h4-7,16,22H,9H2,1-3H3/b11-4+,14-6-. The third kappa shape index (κ3) is 5.17. The molecule has 0 radical (unpaired) electrons. The number of ketones is 1. The number of allylic oxidation sites excluding steroid dienone is 2. The molecule has 0 fully saturated rings. The summed E-state index contributed by atoms with van der Waals surface area (Å²) in [6, 6.07) is 5.11. The minimum Gasteiger partial charge on any atom is -0.486 e. The van der Waals surface area contributed by atoms with Gasteiger partial charge in [0.15, 0.2) is 0 Å². The summed E-state index contributed by atoms with van der Waals surface area (Å²) in [6.07, 6.45) is 0.402. The van der Waals surface area contributed by atoms with Gasteiger partial charge in [0.1, 0.15) is 18.4 Å². The molecule has 24 heavy (non-hydrogen) atoms. The van der Waals surface area contributed by atoms with Gasteiger partial charge in [-0.25, -0.2) is 8.78 Å². The Balaban J connectivity index is 3.26. The molecule has 0 atom stereocenters. The number of carbonyl (C=O) groups is 1. The number of hydrogen-bond donors (Lipinski definition) is 1. The number of aryl methyl sites for hydroxylation is 1. The van der Waals surface area contributed by atoms with Crippen molar-refractivity contribution in [2.45, 2.75) is 20.3 Å². The van der Waals surface area contributed by atoms with E-state index >= 15 is 0 Å². The molecule has 0 aliphatic heterocycles. The summed E-state index contributed by atoms with van der Waals surface area (Å²) in [4.78, 5) is 12.3. The summed E-state index contributed by atoms with van der Waals surface area (Å²) >= 11 is 3.26. The second-order valence-electron chi connectivity index (χ2n) is 4.79. The van der Waals surface area contributed by atoms with Crippen molar-refractivity contribution < 1.29 is 18.3 Å². The molecule has 0 bridgehead atoms. The molecule has 4 nitrogen and oxygen atoms in total. The van der Waals surface area contributed by atoms with Crippen molar-refractivity contribution in [3.05, 3.63) is 45.1 Å². The normalized spacial score (nSPS) is 12.1. The van der Waals surface area contributed by atoms with Gasteiger partial charge in [-0.05, 0) is 59.1 Å². The van der Waals surface area contributed by atoms with E-state index in [0.29, 0.717) is 10.0 Å². The smallest absolute Gasteiger partial charge is 0.272 e. The van der Waals surface area contributed by atoms with Crippen LogP contribution >= 0.6 is 15.9 Å². The number of nitrogens with zero attached hydrogens (tertiary/aromatic N) is 1. The molecule has 0 aliphatic rings. The summed E-state index contributed by atoms with van der Waals surface area (Å²) in [6.45, 7) is 2.69. The Kier molecular flexibility index (Phi) is 7.59.